The van der Waals surface area contributed by atoms with Gasteiger partial charge in [0.2, 0.25) is 0 Å². The monoisotopic (exact) mass is 339 g/mol. The van der Waals surface area contributed by atoms with Gasteiger partial charge in [-0.25, -0.2) is 4.68 Å². The molecule has 5 nitrogen and oxygen atoms in total. The second-order valence-corrected chi connectivity index (χ2v) is 5.90. The summed E-state index contributed by atoms with van der Waals surface area (Å²) in [6.45, 7) is -0.0997. The van der Waals surface area contributed by atoms with E-state index >= 15 is 0 Å². The number of aliphatic carboxylic acids is 1. The fourth-order valence-corrected chi connectivity index (χ4v) is 3.03. The number of hydrogen-bond acceptors (Lipinski definition) is 3. The maximum absolute atomic E-state index is 13.0. The Morgan fingerprint density at radius 1 is 1.25 bits per heavy atom. The van der Waals surface area contributed by atoms with E-state index in [2.05, 4.69) is 5.10 Å². The van der Waals surface area contributed by atoms with E-state index in [-0.39, 0.29) is 19.6 Å². The standard InChI is InChI=1S/C16H16F3N3O2/c17-16(18,19)14-10-21(9-13(14)15(23)24)8-11-2-4-12(5-3-11)22-7-1-6-20-22/h1-7,13-14H,8-10H2,(H,23,24)/t13-,14-/m1/s1. The molecule has 1 aromatic carbocycles. The van der Waals surface area contributed by atoms with Crippen LogP contribution < -0.4 is 0 Å². The van der Waals surface area contributed by atoms with Gasteiger partial charge in [0.15, 0.2) is 0 Å². The lowest BCUT2D eigenvalue weighted by atomic mass is 9.96. The first kappa shape index (κ1) is 16.5. The first-order valence-corrected chi connectivity index (χ1v) is 7.45. The quantitative estimate of drug-likeness (QED) is 0.930. The van der Waals surface area contributed by atoms with Crippen LogP contribution in [0, 0.1) is 11.8 Å². The largest absolute Gasteiger partial charge is 0.481 e. The van der Waals surface area contributed by atoms with Crippen molar-refractivity contribution in [3.8, 4) is 5.69 Å². The molecule has 0 saturated carbocycles. The molecule has 1 aliphatic rings. The second-order valence-electron chi connectivity index (χ2n) is 5.90. The number of alkyl halides is 3. The van der Waals surface area contributed by atoms with Crippen LogP contribution in [0.4, 0.5) is 13.2 Å². The summed E-state index contributed by atoms with van der Waals surface area (Å²) in [6.07, 6.45) is -1.05. The summed E-state index contributed by atoms with van der Waals surface area (Å²) in [5.41, 5.74) is 1.68. The van der Waals surface area contributed by atoms with E-state index in [0.29, 0.717) is 0 Å². The molecule has 1 N–H and O–H groups in total. The van der Waals surface area contributed by atoms with Crippen LogP contribution in [0.1, 0.15) is 5.56 Å². The molecule has 0 bridgehead atoms. The van der Waals surface area contributed by atoms with Crippen LogP contribution in [0.25, 0.3) is 5.69 Å². The molecule has 2 heterocycles. The molecule has 3 rings (SSSR count). The Kier molecular flexibility index (Phi) is 4.31. The van der Waals surface area contributed by atoms with Crippen LogP contribution in [0.15, 0.2) is 42.7 Å². The summed E-state index contributed by atoms with van der Waals surface area (Å²) in [4.78, 5) is 12.6. The van der Waals surface area contributed by atoms with Crippen LogP contribution >= 0.6 is 0 Å². The third-order valence-corrected chi connectivity index (χ3v) is 4.24. The number of rotatable bonds is 4. The van der Waals surface area contributed by atoms with Crippen LogP contribution in [-0.4, -0.2) is 45.0 Å². The zero-order chi connectivity index (χ0) is 17.3. The van der Waals surface area contributed by atoms with Crippen molar-refractivity contribution in [3.05, 3.63) is 48.3 Å². The zero-order valence-corrected chi connectivity index (χ0v) is 12.6. The van der Waals surface area contributed by atoms with Crippen LogP contribution in [0.2, 0.25) is 0 Å². The topological polar surface area (TPSA) is 58.4 Å². The van der Waals surface area contributed by atoms with E-state index in [1.54, 1.807) is 28.0 Å². The van der Waals surface area contributed by atoms with Crippen molar-refractivity contribution in [1.82, 2.24) is 14.7 Å². The lowest BCUT2D eigenvalue weighted by Crippen LogP contribution is -2.33. The van der Waals surface area contributed by atoms with Gasteiger partial charge >= 0.3 is 12.1 Å². The number of hydrogen-bond donors (Lipinski definition) is 1. The van der Waals surface area contributed by atoms with E-state index in [0.717, 1.165) is 11.3 Å². The number of carbonyl (C=O) groups is 1. The van der Waals surface area contributed by atoms with Crippen molar-refractivity contribution in [1.29, 1.82) is 0 Å². The minimum absolute atomic E-state index is 0.0968. The van der Waals surface area contributed by atoms with Crippen molar-refractivity contribution >= 4 is 5.97 Å². The number of aromatic nitrogens is 2. The summed E-state index contributed by atoms with van der Waals surface area (Å²) >= 11 is 0. The van der Waals surface area contributed by atoms with Crippen molar-refractivity contribution in [2.24, 2.45) is 11.8 Å². The molecular weight excluding hydrogens is 323 g/mol. The average molecular weight is 339 g/mol. The molecule has 0 aliphatic carbocycles. The molecule has 2 aromatic rings. The number of likely N-dealkylation sites (tertiary alicyclic amines) is 1. The van der Waals surface area contributed by atoms with Crippen molar-refractivity contribution in [2.75, 3.05) is 13.1 Å². The molecule has 0 radical (unpaired) electrons. The Hall–Kier alpha value is -2.35. The molecule has 0 amide bonds. The predicted octanol–water partition coefficient (Wildman–Crippen LogP) is 2.57. The van der Waals surface area contributed by atoms with Gasteiger partial charge in [-0.2, -0.15) is 18.3 Å². The number of benzene rings is 1. The Morgan fingerprint density at radius 3 is 2.46 bits per heavy atom. The summed E-state index contributed by atoms with van der Waals surface area (Å²) in [5, 5.41) is 13.1. The Labute approximate surface area is 136 Å². The molecular formula is C16H16F3N3O2. The average Bonchev–Trinajstić information content (AvgIpc) is 3.16. The molecule has 8 heteroatoms. The Balaban J connectivity index is 1.69. The van der Waals surface area contributed by atoms with Crippen molar-refractivity contribution in [3.63, 3.8) is 0 Å². The smallest absolute Gasteiger partial charge is 0.393 e. The first-order valence-electron chi connectivity index (χ1n) is 7.45. The summed E-state index contributed by atoms with van der Waals surface area (Å²) in [7, 11) is 0. The number of nitrogens with zero attached hydrogens (tertiary/aromatic N) is 3. The van der Waals surface area contributed by atoms with Gasteiger partial charge in [-0.15, -0.1) is 0 Å². The third kappa shape index (κ3) is 3.43. The van der Waals surface area contributed by atoms with Gasteiger partial charge in [0.05, 0.1) is 17.5 Å². The van der Waals surface area contributed by atoms with E-state index in [1.807, 2.05) is 24.3 Å². The fraction of sp³-hybridized carbons (Fsp3) is 0.375. The molecule has 1 fully saturated rings. The lowest BCUT2D eigenvalue weighted by Gasteiger charge is -2.18. The normalized spacial score (nSPS) is 22.0. The van der Waals surface area contributed by atoms with E-state index in [4.69, 9.17) is 5.11 Å². The van der Waals surface area contributed by atoms with Gasteiger partial charge in [-0.3, -0.25) is 9.69 Å². The van der Waals surface area contributed by atoms with Crippen LogP contribution in [-0.2, 0) is 11.3 Å². The first-order chi connectivity index (χ1) is 11.3. The third-order valence-electron chi connectivity index (χ3n) is 4.24. The maximum atomic E-state index is 13.0. The molecule has 128 valence electrons. The highest BCUT2D eigenvalue weighted by atomic mass is 19.4. The van der Waals surface area contributed by atoms with Gasteiger partial charge in [0.25, 0.3) is 0 Å². The van der Waals surface area contributed by atoms with E-state index in [9.17, 15) is 18.0 Å². The number of halogens is 3. The minimum Gasteiger partial charge on any atom is -0.481 e. The summed E-state index contributed by atoms with van der Waals surface area (Å²) in [5.74, 6) is -4.62. The highest BCUT2D eigenvalue weighted by Gasteiger charge is 2.52. The van der Waals surface area contributed by atoms with Crippen LogP contribution in [0.5, 0.6) is 0 Å². The number of carboxylic acid groups (broad SMARTS) is 1. The summed E-state index contributed by atoms with van der Waals surface area (Å²) in [6, 6.07) is 9.07. The highest BCUT2D eigenvalue weighted by molar-refractivity contribution is 5.71. The molecule has 1 aromatic heterocycles. The van der Waals surface area contributed by atoms with Gasteiger partial charge in [-0.1, -0.05) is 12.1 Å². The number of carboxylic acids is 1. The predicted molar refractivity (Wildman–Crippen MR) is 79.5 cm³/mol. The van der Waals surface area contributed by atoms with E-state index in [1.165, 1.54) is 0 Å². The minimum atomic E-state index is -4.50. The van der Waals surface area contributed by atoms with Gasteiger partial charge in [-0.05, 0) is 23.8 Å². The van der Waals surface area contributed by atoms with Gasteiger partial charge in [0, 0.05) is 32.0 Å². The van der Waals surface area contributed by atoms with Gasteiger partial charge < -0.3 is 5.11 Å². The highest BCUT2D eigenvalue weighted by Crippen LogP contribution is 2.38. The van der Waals surface area contributed by atoms with E-state index < -0.39 is 24.0 Å². The summed E-state index contributed by atoms with van der Waals surface area (Å²) < 4.78 is 40.7. The van der Waals surface area contributed by atoms with Crippen molar-refractivity contribution in [2.45, 2.75) is 12.7 Å². The van der Waals surface area contributed by atoms with Crippen LogP contribution in [0.3, 0.4) is 0 Å². The molecule has 1 aliphatic heterocycles. The lowest BCUT2D eigenvalue weighted by molar-refractivity contribution is -0.188. The molecule has 0 spiro atoms. The van der Waals surface area contributed by atoms with Crippen molar-refractivity contribution < 1.29 is 23.1 Å². The molecule has 0 unspecified atom stereocenters. The molecule has 24 heavy (non-hydrogen) atoms. The Morgan fingerprint density at radius 2 is 1.96 bits per heavy atom. The Bertz CT molecular complexity index is 698. The molecule has 2 atom stereocenters. The van der Waals surface area contributed by atoms with Gasteiger partial charge in [0.1, 0.15) is 0 Å². The SMILES string of the molecule is O=C(O)[C@@H]1CN(Cc2ccc(-n3cccn3)cc2)C[C@H]1C(F)(F)F. The molecule has 1 saturated heterocycles. The maximum Gasteiger partial charge on any atom is 0.393 e. The second kappa shape index (κ2) is 6.27. The fourth-order valence-electron chi connectivity index (χ4n) is 3.03. The zero-order valence-electron chi connectivity index (χ0n) is 12.6.